The first kappa shape index (κ1) is 17.2. The second-order valence-corrected chi connectivity index (χ2v) is 6.58. The molecule has 3 aromatic rings. The van der Waals surface area contributed by atoms with Crippen LogP contribution in [0.5, 0.6) is 0 Å². The number of rotatable bonds is 5. The number of imidazole rings is 1. The second kappa shape index (κ2) is 7.10. The van der Waals surface area contributed by atoms with E-state index in [2.05, 4.69) is 20.4 Å². The number of H-pyrrole nitrogens is 1. The van der Waals surface area contributed by atoms with Crippen LogP contribution in [0.25, 0.3) is 11.3 Å². The number of aromatic amines is 1. The first-order valence-electron chi connectivity index (χ1n) is 7.68. The minimum Gasteiger partial charge on any atom is -0.333 e. The molecule has 2 N–H and O–H groups in total. The number of carbonyl (C=O) groups is 1. The molecule has 8 heteroatoms. The highest BCUT2D eigenvalue weighted by Crippen LogP contribution is 2.23. The van der Waals surface area contributed by atoms with E-state index in [0.717, 1.165) is 28.3 Å². The summed E-state index contributed by atoms with van der Waals surface area (Å²) in [7, 11) is 1.84. The van der Waals surface area contributed by atoms with Crippen LogP contribution in [0.3, 0.4) is 0 Å². The van der Waals surface area contributed by atoms with Gasteiger partial charge < -0.3 is 10.3 Å². The summed E-state index contributed by atoms with van der Waals surface area (Å²) < 4.78 is 14.7. The molecule has 1 aromatic carbocycles. The van der Waals surface area contributed by atoms with Crippen molar-refractivity contribution in [3.05, 3.63) is 47.7 Å². The maximum Gasteiger partial charge on any atom is 0.234 e. The molecule has 0 spiro atoms. The van der Waals surface area contributed by atoms with E-state index in [-0.39, 0.29) is 17.5 Å². The first-order chi connectivity index (χ1) is 11.9. The Morgan fingerprint density at radius 2 is 2.04 bits per heavy atom. The Kier molecular flexibility index (Phi) is 4.89. The zero-order valence-electron chi connectivity index (χ0n) is 14.1. The number of halogens is 1. The highest BCUT2D eigenvalue weighted by atomic mass is 32.2. The van der Waals surface area contributed by atoms with Gasteiger partial charge in [0.1, 0.15) is 5.82 Å². The Hall–Kier alpha value is -2.61. The molecule has 130 valence electrons. The zero-order valence-corrected chi connectivity index (χ0v) is 14.9. The number of aryl methyl sites for hydroxylation is 2. The van der Waals surface area contributed by atoms with Crippen molar-refractivity contribution in [1.82, 2.24) is 19.7 Å². The Morgan fingerprint density at radius 1 is 1.32 bits per heavy atom. The minimum atomic E-state index is -0.282. The van der Waals surface area contributed by atoms with Crippen LogP contribution in [0.2, 0.25) is 0 Å². The average Bonchev–Trinajstić information content (AvgIpc) is 3.14. The number of nitrogens with one attached hydrogen (secondary N) is 2. The van der Waals surface area contributed by atoms with E-state index in [9.17, 15) is 9.18 Å². The van der Waals surface area contributed by atoms with Gasteiger partial charge in [0.25, 0.3) is 0 Å². The Labute approximate surface area is 148 Å². The number of carbonyl (C=O) groups excluding carboxylic acids is 1. The smallest absolute Gasteiger partial charge is 0.234 e. The SMILES string of the molecule is Cc1nn(C)c(C)c1NC(=O)CSc1ncc(-c2ccc(F)cc2)[nH]1. The fourth-order valence-corrected chi connectivity index (χ4v) is 3.07. The number of hydrogen-bond donors (Lipinski definition) is 2. The van der Waals surface area contributed by atoms with E-state index < -0.39 is 0 Å². The van der Waals surface area contributed by atoms with Gasteiger partial charge in [-0.05, 0) is 43.7 Å². The summed E-state index contributed by atoms with van der Waals surface area (Å²) in [6, 6.07) is 6.15. The van der Waals surface area contributed by atoms with Crippen molar-refractivity contribution in [2.24, 2.45) is 7.05 Å². The molecule has 0 unspecified atom stereocenters. The number of aromatic nitrogens is 4. The molecule has 0 saturated carbocycles. The lowest BCUT2D eigenvalue weighted by atomic mass is 10.2. The van der Waals surface area contributed by atoms with E-state index in [0.29, 0.717) is 5.16 Å². The minimum absolute atomic E-state index is 0.121. The number of anilines is 1. The van der Waals surface area contributed by atoms with Gasteiger partial charge >= 0.3 is 0 Å². The van der Waals surface area contributed by atoms with Gasteiger partial charge in [-0.15, -0.1) is 0 Å². The van der Waals surface area contributed by atoms with Crippen LogP contribution in [0.1, 0.15) is 11.4 Å². The monoisotopic (exact) mass is 359 g/mol. The molecule has 2 aromatic heterocycles. The second-order valence-electron chi connectivity index (χ2n) is 5.62. The van der Waals surface area contributed by atoms with Gasteiger partial charge in [0.15, 0.2) is 5.16 Å². The van der Waals surface area contributed by atoms with Gasteiger partial charge in [0.2, 0.25) is 5.91 Å². The lowest BCUT2D eigenvalue weighted by molar-refractivity contribution is -0.113. The summed E-state index contributed by atoms with van der Waals surface area (Å²) in [6.45, 7) is 3.77. The van der Waals surface area contributed by atoms with E-state index in [1.54, 1.807) is 23.0 Å². The summed E-state index contributed by atoms with van der Waals surface area (Å²) in [6.07, 6.45) is 1.67. The molecule has 0 atom stereocenters. The predicted molar refractivity (Wildman–Crippen MR) is 96.0 cm³/mol. The number of nitrogens with zero attached hydrogens (tertiary/aromatic N) is 3. The summed E-state index contributed by atoms with van der Waals surface area (Å²) in [5, 5.41) is 7.80. The predicted octanol–water partition coefficient (Wildman–Crippen LogP) is 3.30. The van der Waals surface area contributed by atoms with E-state index in [4.69, 9.17) is 0 Å². The average molecular weight is 359 g/mol. The molecule has 6 nitrogen and oxygen atoms in total. The summed E-state index contributed by atoms with van der Waals surface area (Å²) in [5.74, 6) is -0.177. The van der Waals surface area contributed by atoms with Gasteiger partial charge in [-0.3, -0.25) is 9.48 Å². The van der Waals surface area contributed by atoms with Gasteiger partial charge in [-0.2, -0.15) is 5.10 Å². The molecular weight excluding hydrogens is 341 g/mol. The van der Waals surface area contributed by atoms with E-state index in [1.165, 1.54) is 23.9 Å². The summed E-state index contributed by atoms with van der Waals surface area (Å²) in [4.78, 5) is 19.5. The molecule has 1 amide bonds. The third kappa shape index (κ3) is 3.90. The van der Waals surface area contributed by atoms with Crippen LogP contribution >= 0.6 is 11.8 Å². The lowest BCUT2D eigenvalue weighted by Crippen LogP contribution is -2.15. The first-order valence-corrected chi connectivity index (χ1v) is 8.66. The normalized spacial score (nSPS) is 10.9. The maximum atomic E-state index is 13.0. The largest absolute Gasteiger partial charge is 0.333 e. The molecule has 0 radical (unpaired) electrons. The molecular formula is C17H18FN5OS. The fraction of sp³-hybridized carbons (Fsp3) is 0.235. The Bertz CT molecular complexity index is 900. The van der Waals surface area contributed by atoms with Gasteiger partial charge in [0, 0.05) is 7.05 Å². The van der Waals surface area contributed by atoms with E-state index >= 15 is 0 Å². The molecule has 0 aliphatic heterocycles. The van der Waals surface area contributed by atoms with Crippen LogP contribution < -0.4 is 5.32 Å². The van der Waals surface area contributed by atoms with Crippen molar-refractivity contribution in [1.29, 1.82) is 0 Å². The van der Waals surface area contributed by atoms with Crippen LogP contribution in [0, 0.1) is 19.7 Å². The van der Waals surface area contributed by atoms with Crippen molar-refractivity contribution < 1.29 is 9.18 Å². The molecule has 0 fully saturated rings. The highest BCUT2D eigenvalue weighted by Gasteiger charge is 2.13. The standard InChI is InChI=1S/C17H18FN5OS/c1-10-16(11(2)23(3)22-10)21-15(24)9-25-17-19-8-14(20-17)12-4-6-13(18)7-5-12/h4-8H,9H2,1-3H3,(H,19,20)(H,21,24). The number of amides is 1. The van der Waals surface area contributed by atoms with Crippen molar-refractivity contribution in [2.75, 3.05) is 11.1 Å². The Morgan fingerprint density at radius 3 is 2.68 bits per heavy atom. The fourth-order valence-electron chi connectivity index (χ4n) is 2.42. The van der Waals surface area contributed by atoms with Crippen molar-refractivity contribution in [3.8, 4) is 11.3 Å². The van der Waals surface area contributed by atoms with Crippen molar-refractivity contribution in [3.63, 3.8) is 0 Å². The van der Waals surface area contributed by atoms with Gasteiger partial charge in [-0.1, -0.05) is 11.8 Å². The van der Waals surface area contributed by atoms with Crippen molar-refractivity contribution >= 4 is 23.4 Å². The molecule has 0 bridgehead atoms. The van der Waals surface area contributed by atoms with Gasteiger partial charge in [0.05, 0.1) is 34.7 Å². The zero-order chi connectivity index (χ0) is 18.0. The Balaban J connectivity index is 1.60. The topological polar surface area (TPSA) is 75.6 Å². The third-order valence-corrected chi connectivity index (χ3v) is 4.71. The molecule has 0 aliphatic carbocycles. The van der Waals surface area contributed by atoms with Crippen LogP contribution in [-0.2, 0) is 11.8 Å². The molecule has 2 heterocycles. The molecule has 0 saturated heterocycles. The van der Waals surface area contributed by atoms with E-state index in [1.807, 2.05) is 20.9 Å². The quantitative estimate of drug-likeness (QED) is 0.686. The maximum absolute atomic E-state index is 13.0. The van der Waals surface area contributed by atoms with Crippen molar-refractivity contribution in [2.45, 2.75) is 19.0 Å². The highest BCUT2D eigenvalue weighted by molar-refractivity contribution is 7.99. The number of benzene rings is 1. The van der Waals surface area contributed by atoms with Crippen LogP contribution in [-0.4, -0.2) is 31.4 Å². The number of thioether (sulfide) groups is 1. The molecule has 25 heavy (non-hydrogen) atoms. The van der Waals surface area contributed by atoms with Crippen LogP contribution in [0.4, 0.5) is 10.1 Å². The third-order valence-electron chi connectivity index (χ3n) is 3.82. The molecule has 3 rings (SSSR count). The van der Waals surface area contributed by atoms with Crippen LogP contribution in [0.15, 0.2) is 35.6 Å². The molecule has 0 aliphatic rings. The summed E-state index contributed by atoms with van der Waals surface area (Å²) >= 11 is 1.30. The van der Waals surface area contributed by atoms with Gasteiger partial charge in [-0.25, -0.2) is 9.37 Å². The summed E-state index contributed by atoms with van der Waals surface area (Å²) in [5.41, 5.74) is 4.07. The lowest BCUT2D eigenvalue weighted by Gasteiger charge is -2.04. The number of hydrogen-bond acceptors (Lipinski definition) is 4.